The molecule has 19 heavy (non-hydrogen) atoms. The summed E-state index contributed by atoms with van der Waals surface area (Å²) >= 11 is 0. The van der Waals surface area contributed by atoms with Gasteiger partial charge in [0.15, 0.2) is 0 Å². The first-order chi connectivity index (χ1) is 9.13. The first-order valence-corrected chi connectivity index (χ1v) is 6.42. The van der Waals surface area contributed by atoms with Crippen molar-refractivity contribution in [3.63, 3.8) is 0 Å². The predicted octanol–water partition coefficient (Wildman–Crippen LogP) is 1.41. The normalized spacial score (nSPS) is 19.5. The van der Waals surface area contributed by atoms with Crippen molar-refractivity contribution in [2.45, 2.75) is 19.6 Å². The molecule has 2 rings (SSSR count). The summed E-state index contributed by atoms with van der Waals surface area (Å²) in [5.74, 6) is -0.391. The summed E-state index contributed by atoms with van der Waals surface area (Å²) in [6, 6.07) is 4.59. The quantitative estimate of drug-likeness (QED) is 0.899. The van der Waals surface area contributed by atoms with Gasteiger partial charge in [-0.2, -0.15) is 0 Å². The number of hydrogen-bond acceptors (Lipinski definition) is 3. The summed E-state index contributed by atoms with van der Waals surface area (Å²) in [5.41, 5.74) is 0.929. The molecule has 1 aromatic rings. The standard InChI is InChI=1S/C14H19FN2O2/c1-10-8-16-5-6-17(10)14(18)11-3-4-13(15)12(7-11)9-19-2/h3-4,7,10,16H,5-6,8-9H2,1-2H3. The highest BCUT2D eigenvalue weighted by molar-refractivity contribution is 5.94. The molecule has 0 aliphatic carbocycles. The number of piperazine rings is 1. The summed E-state index contributed by atoms with van der Waals surface area (Å²) < 4.78 is 18.5. The minimum absolute atomic E-state index is 0.0497. The molecule has 1 fully saturated rings. The zero-order valence-electron chi connectivity index (χ0n) is 11.3. The van der Waals surface area contributed by atoms with Crippen LogP contribution in [0, 0.1) is 5.82 Å². The molecule has 1 atom stereocenters. The van der Waals surface area contributed by atoms with Crippen molar-refractivity contribution >= 4 is 5.91 Å². The molecule has 1 amide bonds. The molecule has 1 aliphatic heterocycles. The van der Waals surface area contributed by atoms with Crippen LogP contribution in [0.4, 0.5) is 4.39 Å². The molecule has 0 aromatic heterocycles. The molecule has 4 nitrogen and oxygen atoms in total. The van der Waals surface area contributed by atoms with Gasteiger partial charge in [0.05, 0.1) is 6.61 Å². The third-order valence-electron chi connectivity index (χ3n) is 3.35. The Bertz CT molecular complexity index is 465. The SMILES string of the molecule is COCc1cc(C(=O)N2CCNCC2C)ccc1F. The molecule has 0 radical (unpaired) electrons. The van der Waals surface area contributed by atoms with Crippen LogP contribution < -0.4 is 5.32 Å². The van der Waals surface area contributed by atoms with Gasteiger partial charge in [-0.25, -0.2) is 4.39 Å². The highest BCUT2D eigenvalue weighted by Gasteiger charge is 2.24. The van der Waals surface area contributed by atoms with Gasteiger partial charge in [-0.05, 0) is 25.1 Å². The van der Waals surface area contributed by atoms with Gasteiger partial charge in [0.1, 0.15) is 5.82 Å². The molecule has 1 aromatic carbocycles. The second kappa shape index (κ2) is 6.12. The third kappa shape index (κ3) is 3.11. The van der Waals surface area contributed by atoms with Crippen molar-refractivity contribution in [1.29, 1.82) is 0 Å². The van der Waals surface area contributed by atoms with E-state index in [0.717, 1.165) is 13.1 Å². The van der Waals surface area contributed by atoms with E-state index in [-0.39, 0.29) is 24.4 Å². The van der Waals surface area contributed by atoms with E-state index in [1.54, 1.807) is 6.07 Å². The van der Waals surface area contributed by atoms with Crippen LogP contribution >= 0.6 is 0 Å². The average Bonchev–Trinajstić information content (AvgIpc) is 2.41. The summed E-state index contributed by atoms with van der Waals surface area (Å²) in [6.07, 6.45) is 0. The van der Waals surface area contributed by atoms with E-state index in [9.17, 15) is 9.18 Å². The Kier molecular flexibility index (Phi) is 4.50. The highest BCUT2D eigenvalue weighted by Crippen LogP contribution is 2.15. The predicted molar refractivity (Wildman–Crippen MR) is 70.5 cm³/mol. The second-order valence-electron chi connectivity index (χ2n) is 4.79. The van der Waals surface area contributed by atoms with Gasteiger partial charge in [-0.1, -0.05) is 0 Å². The van der Waals surface area contributed by atoms with Gasteiger partial charge >= 0.3 is 0 Å². The summed E-state index contributed by atoms with van der Waals surface area (Å²) in [4.78, 5) is 14.2. The molecule has 1 saturated heterocycles. The number of rotatable bonds is 3. The summed E-state index contributed by atoms with van der Waals surface area (Å²) in [7, 11) is 1.51. The van der Waals surface area contributed by atoms with E-state index in [0.29, 0.717) is 17.7 Å². The van der Waals surface area contributed by atoms with E-state index in [2.05, 4.69) is 5.32 Å². The third-order valence-corrected chi connectivity index (χ3v) is 3.35. The minimum Gasteiger partial charge on any atom is -0.380 e. The number of carbonyl (C=O) groups is 1. The number of hydrogen-bond donors (Lipinski definition) is 1. The molecular weight excluding hydrogens is 247 g/mol. The van der Waals surface area contributed by atoms with E-state index in [1.165, 1.54) is 19.2 Å². The maximum Gasteiger partial charge on any atom is 0.254 e. The Balaban J connectivity index is 2.20. The lowest BCUT2D eigenvalue weighted by atomic mass is 10.1. The van der Waals surface area contributed by atoms with E-state index in [4.69, 9.17) is 4.74 Å². The fraction of sp³-hybridized carbons (Fsp3) is 0.500. The number of nitrogens with zero attached hydrogens (tertiary/aromatic N) is 1. The van der Waals surface area contributed by atoms with Crippen molar-refractivity contribution < 1.29 is 13.9 Å². The molecule has 0 spiro atoms. The van der Waals surface area contributed by atoms with Gasteiger partial charge < -0.3 is 15.0 Å². The molecule has 1 N–H and O–H groups in total. The van der Waals surface area contributed by atoms with Crippen LogP contribution in [-0.4, -0.2) is 43.6 Å². The van der Waals surface area contributed by atoms with Crippen LogP contribution in [0.5, 0.6) is 0 Å². The van der Waals surface area contributed by atoms with Gasteiger partial charge in [0, 0.05) is 43.9 Å². The van der Waals surface area contributed by atoms with Crippen LogP contribution in [-0.2, 0) is 11.3 Å². The monoisotopic (exact) mass is 266 g/mol. The van der Waals surface area contributed by atoms with Gasteiger partial charge in [-0.15, -0.1) is 0 Å². The Morgan fingerprint density at radius 3 is 3.05 bits per heavy atom. The molecule has 0 saturated carbocycles. The van der Waals surface area contributed by atoms with Crippen molar-refractivity contribution in [2.75, 3.05) is 26.7 Å². The summed E-state index contributed by atoms with van der Waals surface area (Å²) in [5, 5.41) is 3.24. The van der Waals surface area contributed by atoms with Crippen LogP contribution in [0.2, 0.25) is 0 Å². The van der Waals surface area contributed by atoms with Crippen LogP contribution in [0.15, 0.2) is 18.2 Å². The molecular formula is C14H19FN2O2. The molecule has 5 heteroatoms. The lowest BCUT2D eigenvalue weighted by Crippen LogP contribution is -2.52. The fourth-order valence-corrected chi connectivity index (χ4v) is 2.28. The molecule has 1 aliphatic rings. The second-order valence-corrected chi connectivity index (χ2v) is 4.79. The minimum atomic E-state index is -0.341. The Morgan fingerprint density at radius 2 is 2.37 bits per heavy atom. The Hall–Kier alpha value is -1.46. The highest BCUT2D eigenvalue weighted by atomic mass is 19.1. The lowest BCUT2D eigenvalue weighted by Gasteiger charge is -2.34. The van der Waals surface area contributed by atoms with Crippen molar-refractivity contribution in [3.8, 4) is 0 Å². The molecule has 1 heterocycles. The number of carbonyl (C=O) groups excluding carboxylic acids is 1. The van der Waals surface area contributed by atoms with E-state index in [1.807, 2.05) is 11.8 Å². The number of ether oxygens (including phenoxy) is 1. The molecule has 0 bridgehead atoms. The largest absolute Gasteiger partial charge is 0.380 e. The van der Waals surface area contributed by atoms with Crippen LogP contribution in [0.1, 0.15) is 22.8 Å². The van der Waals surface area contributed by atoms with Crippen molar-refractivity contribution in [2.24, 2.45) is 0 Å². The van der Waals surface area contributed by atoms with Crippen molar-refractivity contribution in [3.05, 3.63) is 35.1 Å². The smallest absolute Gasteiger partial charge is 0.254 e. The van der Waals surface area contributed by atoms with Crippen LogP contribution in [0.3, 0.4) is 0 Å². The average molecular weight is 266 g/mol. The zero-order chi connectivity index (χ0) is 13.8. The number of methoxy groups -OCH3 is 1. The van der Waals surface area contributed by atoms with Crippen molar-refractivity contribution in [1.82, 2.24) is 10.2 Å². The first-order valence-electron chi connectivity index (χ1n) is 6.42. The Morgan fingerprint density at radius 1 is 1.58 bits per heavy atom. The van der Waals surface area contributed by atoms with Gasteiger partial charge in [-0.3, -0.25) is 4.79 Å². The molecule has 104 valence electrons. The van der Waals surface area contributed by atoms with Crippen LogP contribution in [0.25, 0.3) is 0 Å². The number of halogens is 1. The molecule has 1 unspecified atom stereocenters. The van der Waals surface area contributed by atoms with Gasteiger partial charge in [0.2, 0.25) is 0 Å². The maximum absolute atomic E-state index is 13.5. The van der Waals surface area contributed by atoms with Gasteiger partial charge in [0.25, 0.3) is 5.91 Å². The summed E-state index contributed by atoms with van der Waals surface area (Å²) in [6.45, 7) is 4.44. The zero-order valence-corrected chi connectivity index (χ0v) is 11.3. The lowest BCUT2D eigenvalue weighted by molar-refractivity contribution is 0.0655. The Labute approximate surface area is 112 Å². The maximum atomic E-state index is 13.5. The number of amides is 1. The fourth-order valence-electron chi connectivity index (χ4n) is 2.28. The number of nitrogens with one attached hydrogen (secondary N) is 1. The first kappa shape index (κ1) is 14.0. The van der Waals surface area contributed by atoms with E-state index >= 15 is 0 Å². The number of benzene rings is 1. The topological polar surface area (TPSA) is 41.6 Å². The van der Waals surface area contributed by atoms with E-state index < -0.39 is 0 Å².